The summed E-state index contributed by atoms with van der Waals surface area (Å²) in [5, 5.41) is 9.18. The fourth-order valence-corrected chi connectivity index (χ4v) is 1.45. The van der Waals surface area contributed by atoms with E-state index in [1.165, 1.54) is 11.0 Å². The molecule has 0 saturated heterocycles. The lowest BCUT2D eigenvalue weighted by Gasteiger charge is -2.15. The Morgan fingerprint density at radius 2 is 1.56 bits per heavy atom. The number of benzene rings is 1. The van der Waals surface area contributed by atoms with Gasteiger partial charge in [-0.05, 0) is 19.1 Å². The van der Waals surface area contributed by atoms with E-state index in [0.29, 0.717) is 0 Å². The van der Waals surface area contributed by atoms with Crippen molar-refractivity contribution in [1.82, 2.24) is 0 Å². The second-order valence-corrected chi connectivity index (χ2v) is 3.40. The monoisotopic (exact) mass is 249 g/mol. The third-order valence-corrected chi connectivity index (χ3v) is 2.22. The number of hydrogen-bond donors (Lipinski definition) is 1. The molecule has 0 aliphatic carbocycles. The first-order valence-electron chi connectivity index (χ1n) is 6.44. The highest BCUT2D eigenvalue weighted by Crippen LogP contribution is 2.20. The molecule has 100 valence electrons. The van der Waals surface area contributed by atoms with Gasteiger partial charge in [-0.3, -0.25) is 4.79 Å². The first kappa shape index (κ1) is 16.2. The molecule has 0 radical (unpaired) electrons. The van der Waals surface area contributed by atoms with Crippen molar-refractivity contribution < 1.29 is 9.90 Å². The van der Waals surface area contributed by atoms with Gasteiger partial charge in [-0.25, -0.2) is 0 Å². The molecule has 1 aromatic rings. The van der Waals surface area contributed by atoms with Crippen molar-refractivity contribution in [3.63, 3.8) is 0 Å². The third kappa shape index (κ3) is 4.24. The van der Waals surface area contributed by atoms with Crippen LogP contribution in [-0.2, 0) is 4.79 Å². The topological polar surface area (TPSA) is 40.5 Å². The van der Waals surface area contributed by atoms with E-state index in [-0.39, 0.29) is 18.2 Å². The number of rotatable bonds is 1. The van der Waals surface area contributed by atoms with E-state index in [9.17, 15) is 9.90 Å². The molecule has 0 saturated carbocycles. The molecule has 0 unspecified atom stereocenters. The van der Waals surface area contributed by atoms with Crippen LogP contribution in [0.5, 0.6) is 0 Å². The van der Waals surface area contributed by atoms with Gasteiger partial charge in [0.2, 0.25) is 0 Å². The summed E-state index contributed by atoms with van der Waals surface area (Å²) in [6.45, 7) is 10.3. The largest absolute Gasteiger partial charge is 0.510 e. The number of hydrogen-bond acceptors (Lipinski definition) is 2. The number of aryl methyl sites for hydroxylation is 1. The van der Waals surface area contributed by atoms with Gasteiger partial charge in [0.25, 0.3) is 5.91 Å². The van der Waals surface area contributed by atoms with E-state index in [1.54, 1.807) is 0 Å². The number of amides is 1. The lowest BCUT2D eigenvalue weighted by molar-refractivity contribution is -0.113. The van der Waals surface area contributed by atoms with Crippen LogP contribution in [0.1, 0.15) is 33.3 Å². The van der Waals surface area contributed by atoms with E-state index in [1.807, 2.05) is 58.9 Å². The number of carbonyl (C=O) groups is 1. The molecular formula is C15H23NO2. The van der Waals surface area contributed by atoms with Gasteiger partial charge in [0.05, 0.1) is 6.54 Å². The molecule has 1 amide bonds. The lowest BCUT2D eigenvalue weighted by atomic mass is 10.2. The van der Waals surface area contributed by atoms with Crippen LogP contribution < -0.4 is 4.90 Å². The Morgan fingerprint density at radius 3 is 1.94 bits per heavy atom. The van der Waals surface area contributed by atoms with Crippen molar-refractivity contribution in [2.24, 2.45) is 0 Å². The highest BCUT2D eigenvalue weighted by molar-refractivity contribution is 6.04. The van der Waals surface area contributed by atoms with Crippen LogP contribution >= 0.6 is 0 Å². The molecule has 3 nitrogen and oxygen atoms in total. The highest BCUT2D eigenvalue weighted by atomic mass is 16.3. The van der Waals surface area contributed by atoms with Crippen molar-refractivity contribution in [2.45, 2.75) is 34.6 Å². The van der Waals surface area contributed by atoms with Crippen LogP contribution in [0.15, 0.2) is 36.1 Å². The maximum atomic E-state index is 11.4. The zero-order chi connectivity index (χ0) is 14.1. The van der Waals surface area contributed by atoms with Gasteiger partial charge in [0, 0.05) is 11.8 Å². The Morgan fingerprint density at radius 1 is 1.06 bits per heavy atom. The molecule has 0 spiro atoms. The van der Waals surface area contributed by atoms with Gasteiger partial charge in [-0.1, -0.05) is 45.4 Å². The standard InChI is InChI=1S/C11H11NO2.2C2H6/c1-8-2-4-9(5-3-8)12-7-10(13)6-11(12)14;2*1-2/h2-6,13H,7H2,1H3;2*1-2H3. The molecule has 1 aromatic carbocycles. The summed E-state index contributed by atoms with van der Waals surface area (Å²) >= 11 is 0. The number of carbonyl (C=O) groups excluding carboxylic acids is 1. The minimum Gasteiger partial charge on any atom is -0.510 e. The Hall–Kier alpha value is -1.77. The molecule has 3 heteroatoms. The summed E-state index contributed by atoms with van der Waals surface area (Å²) < 4.78 is 0. The Labute approximate surface area is 110 Å². The SMILES string of the molecule is CC.CC.Cc1ccc(N2CC(O)=CC2=O)cc1. The Balaban J connectivity index is 0.000000659. The fraction of sp³-hybridized carbons (Fsp3) is 0.400. The Kier molecular flexibility index (Phi) is 7.52. The quantitative estimate of drug-likeness (QED) is 0.821. The van der Waals surface area contributed by atoms with E-state index in [0.717, 1.165) is 11.3 Å². The van der Waals surface area contributed by atoms with Gasteiger partial charge in [-0.15, -0.1) is 0 Å². The van der Waals surface area contributed by atoms with Crippen LogP contribution in [0.3, 0.4) is 0 Å². The van der Waals surface area contributed by atoms with Gasteiger partial charge in [0.1, 0.15) is 5.76 Å². The fourth-order valence-electron chi connectivity index (χ4n) is 1.45. The molecule has 0 atom stereocenters. The second-order valence-electron chi connectivity index (χ2n) is 3.40. The van der Waals surface area contributed by atoms with Crippen molar-refractivity contribution in [1.29, 1.82) is 0 Å². The van der Waals surface area contributed by atoms with Gasteiger partial charge < -0.3 is 10.0 Å². The minimum absolute atomic E-state index is 0.121. The average molecular weight is 249 g/mol. The smallest absolute Gasteiger partial charge is 0.254 e. The predicted molar refractivity (Wildman–Crippen MR) is 76.9 cm³/mol. The molecule has 2 rings (SSSR count). The zero-order valence-electron chi connectivity index (χ0n) is 11.9. The molecule has 18 heavy (non-hydrogen) atoms. The van der Waals surface area contributed by atoms with Crippen LogP contribution in [0.25, 0.3) is 0 Å². The van der Waals surface area contributed by atoms with Crippen molar-refractivity contribution in [3.8, 4) is 0 Å². The summed E-state index contributed by atoms with van der Waals surface area (Å²) in [6.07, 6.45) is 1.25. The summed E-state index contributed by atoms with van der Waals surface area (Å²) in [4.78, 5) is 12.9. The first-order chi connectivity index (χ1) is 8.66. The number of aliphatic hydroxyl groups is 1. The first-order valence-corrected chi connectivity index (χ1v) is 6.44. The van der Waals surface area contributed by atoms with Crippen molar-refractivity contribution in [3.05, 3.63) is 41.7 Å². The normalized spacial score (nSPS) is 13.1. The molecular weight excluding hydrogens is 226 g/mol. The van der Waals surface area contributed by atoms with Gasteiger partial charge >= 0.3 is 0 Å². The third-order valence-electron chi connectivity index (χ3n) is 2.22. The maximum absolute atomic E-state index is 11.4. The molecule has 1 aliphatic heterocycles. The van der Waals surface area contributed by atoms with E-state index < -0.39 is 0 Å². The summed E-state index contributed by atoms with van der Waals surface area (Å²) in [5.41, 5.74) is 1.97. The van der Waals surface area contributed by atoms with Crippen LogP contribution in [0.4, 0.5) is 5.69 Å². The molecule has 0 fully saturated rings. The number of nitrogens with zero attached hydrogens (tertiary/aromatic N) is 1. The molecule has 0 bridgehead atoms. The summed E-state index contributed by atoms with van der Waals surface area (Å²) in [6, 6.07) is 7.63. The highest BCUT2D eigenvalue weighted by Gasteiger charge is 2.21. The van der Waals surface area contributed by atoms with E-state index in [4.69, 9.17) is 0 Å². The number of aliphatic hydroxyl groups excluding tert-OH is 1. The minimum atomic E-state index is -0.161. The maximum Gasteiger partial charge on any atom is 0.254 e. The average Bonchev–Trinajstić information content (AvgIpc) is 2.74. The molecule has 1 heterocycles. The molecule has 1 N–H and O–H groups in total. The van der Waals surface area contributed by atoms with E-state index >= 15 is 0 Å². The van der Waals surface area contributed by atoms with E-state index in [2.05, 4.69) is 0 Å². The van der Waals surface area contributed by atoms with Gasteiger partial charge in [0.15, 0.2) is 0 Å². The van der Waals surface area contributed by atoms with Crippen molar-refractivity contribution >= 4 is 11.6 Å². The summed E-state index contributed by atoms with van der Waals surface area (Å²) in [5.74, 6) is -0.0399. The second kappa shape index (κ2) is 8.34. The number of anilines is 1. The van der Waals surface area contributed by atoms with Crippen LogP contribution in [-0.4, -0.2) is 17.6 Å². The summed E-state index contributed by atoms with van der Waals surface area (Å²) in [7, 11) is 0. The lowest BCUT2D eigenvalue weighted by Crippen LogP contribution is -2.25. The predicted octanol–water partition coefficient (Wildman–Crippen LogP) is 3.84. The van der Waals surface area contributed by atoms with Gasteiger partial charge in [-0.2, -0.15) is 0 Å². The molecule has 0 aromatic heterocycles. The Bertz CT molecular complexity index is 393. The van der Waals surface area contributed by atoms with Crippen LogP contribution in [0.2, 0.25) is 0 Å². The van der Waals surface area contributed by atoms with Crippen LogP contribution in [0, 0.1) is 6.92 Å². The van der Waals surface area contributed by atoms with Crippen molar-refractivity contribution in [2.75, 3.05) is 11.4 Å². The zero-order valence-corrected chi connectivity index (χ0v) is 11.9. The molecule has 1 aliphatic rings.